The fraction of sp³-hybridized carbons (Fsp3) is 0.200. The molecule has 0 aliphatic carbocycles. The highest BCUT2D eigenvalue weighted by Crippen LogP contribution is 2.33. The van der Waals surface area contributed by atoms with Crippen LogP contribution in [0.4, 0.5) is 10.1 Å². The molecule has 0 radical (unpaired) electrons. The van der Waals surface area contributed by atoms with Crippen molar-refractivity contribution in [3.63, 3.8) is 0 Å². The van der Waals surface area contributed by atoms with E-state index < -0.39 is 0 Å². The first-order valence-corrected chi connectivity index (χ1v) is 7.60. The Bertz CT molecular complexity index is 803. The van der Waals surface area contributed by atoms with Crippen molar-refractivity contribution in [2.75, 3.05) is 5.32 Å². The van der Waals surface area contributed by atoms with Crippen LogP contribution in [-0.4, -0.2) is 8.75 Å². The minimum atomic E-state index is -0.208. The first-order chi connectivity index (χ1) is 10.1. The minimum absolute atomic E-state index is 0.0927. The summed E-state index contributed by atoms with van der Waals surface area (Å²) in [5.74, 6) is -0.208. The number of rotatable bonds is 3. The monoisotopic (exact) mass is 321 g/mol. The standard InChI is InChI=1S/C15H13ClFN3S/c1-8-3-4-10(7-12(8)17)9(2)18-14-11(16)5-6-13-15(14)20-21-19-13/h3-7,9,18H,1-2H3. The normalized spacial score (nSPS) is 12.6. The molecule has 6 heteroatoms. The average Bonchev–Trinajstić information content (AvgIpc) is 2.93. The van der Waals surface area contributed by atoms with Gasteiger partial charge in [0.25, 0.3) is 0 Å². The van der Waals surface area contributed by atoms with Gasteiger partial charge in [-0.2, -0.15) is 8.75 Å². The van der Waals surface area contributed by atoms with Gasteiger partial charge in [-0.25, -0.2) is 4.39 Å². The van der Waals surface area contributed by atoms with Crippen LogP contribution in [-0.2, 0) is 0 Å². The number of nitrogens with one attached hydrogen (secondary N) is 1. The van der Waals surface area contributed by atoms with E-state index in [-0.39, 0.29) is 11.9 Å². The molecule has 1 N–H and O–H groups in total. The second-order valence-corrected chi connectivity index (χ2v) is 5.86. The summed E-state index contributed by atoms with van der Waals surface area (Å²) in [5, 5.41) is 3.89. The highest BCUT2D eigenvalue weighted by Gasteiger charge is 2.14. The van der Waals surface area contributed by atoms with Crippen molar-refractivity contribution in [1.29, 1.82) is 0 Å². The van der Waals surface area contributed by atoms with Gasteiger partial charge in [-0.05, 0) is 43.2 Å². The maximum absolute atomic E-state index is 13.7. The summed E-state index contributed by atoms with van der Waals surface area (Å²) in [4.78, 5) is 0. The summed E-state index contributed by atoms with van der Waals surface area (Å²) >= 11 is 7.39. The molecule has 0 saturated carbocycles. The van der Waals surface area contributed by atoms with Crippen LogP contribution in [0.5, 0.6) is 0 Å². The molecule has 0 aliphatic rings. The number of hydrogen-bond acceptors (Lipinski definition) is 4. The van der Waals surface area contributed by atoms with Crippen molar-refractivity contribution in [3.05, 3.63) is 52.3 Å². The van der Waals surface area contributed by atoms with Crippen LogP contribution in [0.2, 0.25) is 5.02 Å². The van der Waals surface area contributed by atoms with Gasteiger partial charge in [0.05, 0.1) is 22.4 Å². The zero-order chi connectivity index (χ0) is 15.0. The number of fused-ring (bicyclic) bond motifs is 1. The molecule has 108 valence electrons. The molecule has 0 fully saturated rings. The van der Waals surface area contributed by atoms with Gasteiger partial charge in [0.15, 0.2) is 0 Å². The lowest BCUT2D eigenvalue weighted by molar-refractivity contribution is 0.614. The van der Waals surface area contributed by atoms with Crippen LogP contribution >= 0.6 is 23.3 Å². The largest absolute Gasteiger partial charge is 0.375 e. The summed E-state index contributed by atoms with van der Waals surface area (Å²) in [6.45, 7) is 3.70. The summed E-state index contributed by atoms with van der Waals surface area (Å²) < 4.78 is 22.2. The molecule has 1 atom stereocenters. The van der Waals surface area contributed by atoms with Crippen LogP contribution in [0.15, 0.2) is 30.3 Å². The molecule has 1 unspecified atom stereocenters. The number of nitrogens with zero attached hydrogens (tertiary/aromatic N) is 2. The molecule has 0 spiro atoms. The van der Waals surface area contributed by atoms with Gasteiger partial charge in [-0.1, -0.05) is 23.7 Å². The smallest absolute Gasteiger partial charge is 0.129 e. The molecule has 1 heterocycles. The zero-order valence-corrected chi connectivity index (χ0v) is 13.1. The molecule has 1 aromatic heterocycles. The number of halogens is 2. The first kappa shape index (κ1) is 14.2. The number of anilines is 1. The Balaban J connectivity index is 1.95. The molecule has 0 saturated heterocycles. The van der Waals surface area contributed by atoms with Crippen molar-refractivity contribution in [1.82, 2.24) is 8.75 Å². The summed E-state index contributed by atoms with van der Waals surface area (Å²) in [6.07, 6.45) is 0. The minimum Gasteiger partial charge on any atom is -0.375 e. The summed E-state index contributed by atoms with van der Waals surface area (Å²) in [7, 11) is 0. The maximum Gasteiger partial charge on any atom is 0.129 e. The van der Waals surface area contributed by atoms with Gasteiger partial charge < -0.3 is 5.32 Å². The van der Waals surface area contributed by atoms with E-state index >= 15 is 0 Å². The lowest BCUT2D eigenvalue weighted by atomic mass is 10.1. The Labute approximate surface area is 131 Å². The number of aryl methyl sites for hydroxylation is 1. The van der Waals surface area contributed by atoms with E-state index in [0.717, 1.165) is 34.0 Å². The molecular formula is C15H13ClFN3S. The van der Waals surface area contributed by atoms with E-state index in [0.29, 0.717) is 10.6 Å². The van der Waals surface area contributed by atoms with Crippen LogP contribution in [0.3, 0.4) is 0 Å². The lowest BCUT2D eigenvalue weighted by Gasteiger charge is -2.17. The molecule has 0 bridgehead atoms. The van der Waals surface area contributed by atoms with E-state index in [9.17, 15) is 4.39 Å². The summed E-state index contributed by atoms with van der Waals surface area (Å²) in [5.41, 5.74) is 3.77. The topological polar surface area (TPSA) is 37.8 Å². The first-order valence-electron chi connectivity index (χ1n) is 6.49. The van der Waals surface area contributed by atoms with Gasteiger partial charge in [0.2, 0.25) is 0 Å². The Kier molecular flexibility index (Phi) is 3.78. The van der Waals surface area contributed by atoms with E-state index in [2.05, 4.69) is 14.1 Å². The fourth-order valence-corrected chi connectivity index (χ4v) is 2.89. The third-order valence-corrected chi connectivity index (χ3v) is 4.29. The Morgan fingerprint density at radius 2 is 2.05 bits per heavy atom. The van der Waals surface area contributed by atoms with Crippen molar-refractivity contribution in [2.45, 2.75) is 19.9 Å². The van der Waals surface area contributed by atoms with Gasteiger partial charge in [0, 0.05) is 6.04 Å². The third kappa shape index (κ3) is 2.71. The second-order valence-electron chi connectivity index (χ2n) is 4.93. The van der Waals surface area contributed by atoms with Crippen LogP contribution in [0.25, 0.3) is 11.0 Å². The van der Waals surface area contributed by atoms with Gasteiger partial charge >= 0.3 is 0 Å². The van der Waals surface area contributed by atoms with Crippen LogP contribution < -0.4 is 5.32 Å². The van der Waals surface area contributed by atoms with Crippen molar-refractivity contribution >= 4 is 40.0 Å². The molecule has 21 heavy (non-hydrogen) atoms. The van der Waals surface area contributed by atoms with Crippen LogP contribution in [0.1, 0.15) is 24.1 Å². The molecule has 2 aromatic carbocycles. The molecule has 0 amide bonds. The Hall–Kier alpha value is -1.72. The predicted molar refractivity (Wildman–Crippen MR) is 85.6 cm³/mol. The van der Waals surface area contributed by atoms with E-state index in [4.69, 9.17) is 11.6 Å². The molecule has 3 aromatic rings. The predicted octanol–water partition coefficient (Wildman–Crippen LogP) is 4.97. The average molecular weight is 322 g/mol. The third-order valence-electron chi connectivity index (χ3n) is 3.43. The molecule has 0 aliphatic heterocycles. The van der Waals surface area contributed by atoms with Crippen molar-refractivity contribution in [3.8, 4) is 0 Å². The van der Waals surface area contributed by atoms with Crippen molar-refractivity contribution in [2.24, 2.45) is 0 Å². The van der Waals surface area contributed by atoms with Crippen molar-refractivity contribution < 1.29 is 4.39 Å². The maximum atomic E-state index is 13.7. The molecule has 3 rings (SSSR count). The fourth-order valence-electron chi connectivity index (χ4n) is 2.14. The molecule has 3 nitrogen and oxygen atoms in total. The highest BCUT2D eigenvalue weighted by molar-refractivity contribution is 7.00. The SMILES string of the molecule is Cc1ccc(C(C)Nc2c(Cl)ccc3nsnc23)cc1F. The van der Waals surface area contributed by atoms with E-state index in [1.165, 1.54) is 0 Å². The van der Waals surface area contributed by atoms with Gasteiger partial charge in [-0.3, -0.25) is 0 Å². The number of hydrogen-bond donors (Lipinski definition) is 1. The van der Waals surface area contributed by atoms with Gasteiger partial charge in [0.1, 0.15) is 16.9 Å². The Morgan fingerprint density at radius 3 is 2.81 bits per heavy atom. The zero-order valence-electron chi connectivity index (χ0n) is 11.5. The summed E-state index contributed by atoms with van der Waals surface area (Å²) in [6, 6.07) is 8.75. The van der Waals surface area contributed by atoms with E-state index in [1.807, 2.05) is 19.1 Å². The highest BCUT2D eigenvalue weighted by atomic mass is 35.5. The quantitative estimate of drug-likeness (QED) is 0.740. The van der Waals surface area contributed by atoms with E-state index in [1.54, 1.807) is 25.1 Å². The number of benzene rings is 2. The lowest BCUT2D eigenvalue weighted by Crippen LogP contribution is -2.08. The van der Waals surface area contributed by atoms with Crippen LogP contribution in [0, 0.1) is 12.7 Å². The molecular weight excluding hydrogens is 309 g/mol. The van der Waals surface area contributed by atoms with Gasteiger partial charge in [-0.15, -0.1) is 0 Å². The Morgan fingerprint density at radius 1 is 1.24 bits per heavy atom. The second kappa shape index (κ2) is 5.58. The number of aromatic nitrogens is 2.